The fourth-order valence-electron chi connectivity index (χ4n) is 3.92. The van der Waals surface area contributed by atoms with Gasteiger partial charge in [0.05, 0.1) is 27.2 Å². The molecule has 5 rings (SSSR count). The molecule has 144 valence electrons. The van der Waals surface area contributed by atoms with Gasteiger partial charge in [-0.05, 0) is 30.3 Å². The third-order valence-electron chi connectivity index (χ3n) is 5.39. The fourth-order valence-corrected chi connectivity index (χ4v) is 5.74. The maximum absolute atomic E-state index is 12.7. The van der Waals surface area contributed by atoms with Crippen molar-refractivity contribution in [2.24, 2.45) is 0 Å². The number of anilines is 1. The lowest BCUT2D eigenvalue weighted by atomic mass is 9.82. The predicted octanol–water partition coefficient (Wildman–Crippen LogP) is 6.26. The van der Waals surface area contributed by atoms with Crippen LogP contribution >= 0.6 is 46.1 Å². The first-order valence-corrected chi connectivity index (χ1v) is 10.9. The Kier molecular flexibility index (Phi) is 4.47. The van der Waals surface area contributed by atoms with E-state index in [9.17, 15) is 4.79 Å². The molecule has 1 fully saturated rings. The Morgan fingerprint density at radius 3 is 2.64 bits per heavy atom. The molecule has 3 heterocycles. The highest BCUT2D eigenvalue weighted by Gasteiger charge is 2.44. The lowest BCUT2D eigenvalue weighted by molar-refractivity contribution is 0.0233. The van der Waals surface area contributed by atoms with Crippen LogP contribution in [0.4, 0.5) is 5.13 Å². The zero-order chi connectivity index (χ0) is 19.5. The standard InChI is InChI=1S/C20H15Cl3N2O2S/c21-11-1-2-15-17(9-11)28-19(24-15)25-5-3-20(4-6-25)10-16(26)13-7-12(22)8-14(23)18(13)27-20/h1-2,7-9H,3-6,10H2. The van der Waals surface area contributed by atoms with Crippen LogP contribution in [0.1, 0.15) is 29.6 Å². The zero-order valence-electron chi connectivity index (χ0n) is 14.7. The van der Waals surface area contributed by atoms with Crippen molar-refractivity contribution in [3.8, 4) is 5.75 Å². The number of halogens is 3. The third-order valence-corrected chi connectivity index (χ3v) is 7.21. The monoisotopic (exact) mass is 452 g/mol. The number of rotatable bonds is 1. The van der Waals surface area contributed by atoms with Crippen molar-refractivity contribution in [2.75, 3.05) is 18.0 Å². The highest BCUT2D eigenvalue weighted by atomic mass is 35.5. The van der Waals surface area contributed by atoms with Gasteiger partial charge in [-0.3, -0.25) is 4.79 Å². The first-order valence-electron chi connectivity index (χ1n) is 8.95. The molecule has 0 bridgehead atoms. The van der Waals surface area contributed by atoms with Crippen molar-refractivity contribution < 1.29 is 9.53 Å². The van der Waals surface area contributed by atoms with Gasteiger partial charge in [0.1, 0.15) is 11.4 Å². The molecule has 4 nitrogen and oxygen atoms in total. The normalized spacial score (nSPS) is 18.4. The summed E-state index contributed by atoms with van der Waals surface area (Å²) in [6, 6.07) is 9.00. The lowest BCUT2D eigenvalue weighted by Gasteiger charge is -2.44. The number of carbonyl (C=O) groups is 1. The minimum Gasteiger partial charge on any atom is -0.484 e. The van der Waals surface area contributed by atoms with Crippen LogP contribution in [0.2, 0.25) is 15.1 Å². The van der Waals surface area contributed by atoms with Crippen LogP contribution < -0.4 is 9.64 Å². The van der Waals surface area contributed by atoms with E-state index in [0.717, 1.165) is 41.3 Å². The number of nitrogens with zero attached hydrogens (tertiary/aromatic N) is 2. The van der Waals surface area contributed by atoms with Gasteiger partial charge in [-0.1, -0.05) is 46.1 Å². The van der Waals surface area contributed by atoms with E-state index in [2.05, 4.69) is 4.90 Å². The van der Waals surface area contributed by atoms with Gasteiger partial charge in [-0.25, -0.2) is 4.98 Å². The third kappa shape index (κ3) is 3.14. The number of fused-ring (bicyclic) bond motifs is 2. The fraction of sp³-hybridized carbons (Fsp3) is 0.300. The van der Waals surface area contributed by atoms with E-state index in [1.165, 1.54) is 0 Å². The van der Waals surface area contributed by atoms with Crippen molar-refractivity contribution >= 4 is 67.3 Å². The van der Waals surface area contributed by atoms with Crippen LogP contribution in [0.15, 0.2) is 30.3 Å². The summed E-state index contributed by atoms with van der Waals surface area (Å²) in [5, 5.41) is 2.52. The summed E-state index contributed by atoms with van der Waals surface area (Å²) in [7, 11) is 0. The van der Waals surface area contributed by atoms with Crippen LogP contribution in [0, 0.1) is 0 Å². The van der Waals surface area contributed by atoms with E-state index in [4.69, 9.17) is 44.5 Å². The summed E-state index contributed by atoms with van der Waals surface area (Å²) in [4.78, 5) is 19.7. The lowest BCUT2D eigenvalue weighted by Crippen LogP contribution is -2.51. The molecular weight excluding hydrogens is 439 g/mol. The highest BCUT2D eigenvalue weighted by molar-refractivity contribution is 7.22. The molecule has 0 saturated carbocycles. The second-order valence-electron chi connectivity index (χ2n) is 7.24. The van der Waals surface area contributed by atoms with Gasteiger partial charge in [0.25, 0.3) is 0 Å². The number of carbonyl (C=O) groups excluding carboxylic acids is 1. The number of ketones is 1. The SMILES string of the molecule is O=C1CC2(CCN(c3nc4ccc(Cl)cc4s3)CC2)Oc2c(Cl)cc(Cl)cc21. The largest absolute Gasteiger partial charge is 0.484 e. The molecule has 0 amide bonds. The van der Waals surface area contributed by atoms with E-state index >= 15 is 0 Å². The van der Waals surface area contributed by atoms with Crippen LogP contribution in [0.25, 0.3) is 10.2 Å². The summed E-state index contributed by atoms with van der Waals surface area (Å²) in [6.45, 7) is 1.53. The van der Waals surface area contributed by atoms with Gasteiger partial charge in [-0.2, -0.15) is 0 Å². The second-order valence-corrected chi connectivity index (χ2v) is 9.53. The van der Waals surface area contributed by atoms with E-state index in [-0.39, 0.29) is 5.78 Å². The molecule has 2 aliphatic rings. The van der Waals surface area contributed by atoms with Crippen LogP contribution in [-0.2, 0) is 0 Å². The number of benzene rings is 2. The minimum absolute atomic E-state index is 0.0359. The van der Waals surface area contributed by atoms with E-state index in [1.54, 1.807) is 23.5 Å². The predicted molar refractivity (Wildman–Crippen MR) is 115 cm³/mol. The summed E-state index contributed by atoms with van der Waals surface area (Å²) < 4.78 is 7.38. The molecule has 0 unspecified atom stereocenters. The molecule has 0 aliphatic carbocycles. The number of aromatic nitrogens is 1. The molecule has 0 atom stereocenters. The van der Waals surface area contributed by atoms with Gasteiger partial charge in [0.15, 0.2) is 10.9 Å². The first-order chi connectivity index (χ1) is 13.4. The quantitative estimate of drug-likeness (QED) is 0.436. The van der Waals surface area contributed by atoms with Crippen LogP contribution in [0.3, 0.4) is 0 Å². The number of piperidine rings is 1. The van der Waals surface area contributed by atoms with E-state index in [1.807, 2.05) is 18.2 Å². The van der Waals surface area contributed by atoms with Crippen molar-refractivity contribution in [3.63, 3.8) is 0 Å². The minimum atomic E-state index is -0.516. The summed E-state index contributed by atoms with van der Waals surface area (Å²) in [6.07, 6.45) is 1.81. The molecule has 0 radical (unpaired) electrons. The molecule has 1 spiro atoms. The number of Topliss-reactive ketones (excluding diaryl/α,β-unsaturated/α-hetero) is 1. The smallest absolute Gasteiger partial charge is 0.186 e. The Bertz CT molecular complexity index is 1110. The van der Waals surface area contributed by atoms with E-state index in [0.29, 0.717) is 32.8 Å². The molecule has 3 aromatic rings. The number of thiazole rings is 1. The zero-order valence-corrected chi connectivity index (χ0v) is 17.8. The highest BCUT2D eigenvalue weighted by Crippen LogP contribution is 2.45. The van der Waals surface area contributed by atoms with Gasteiger partial charge < -0.3 is 9.64 Å². The van der Waals surface area contributed by atoms with Gasteiger partial charge in [-0.15, -0.1) is 0 Å². The first kappa shape index (κ1) is 18.5. The molecule has 28 heavy (non-hydrogen) atoms. The van der Waals surface area contributed by atoms with Crippen molar-refractivity contribution in [1.82, 2.24) is 4.98 Å². The van der Waals surface area contributed by atoms with Crippen molar-refractivity contribution in [1.29, 1.82) is 0 Å². The Balaban J connectivity index is 1.38. The van der Waals surface area contributed by atoms with Crippen molar-refractivity contribution in [2.45, 2.75) is 24.9 Å². The molecule has 8 heteroatoms. The van der Waals surface area contributed by atoms with Crippen LogP contribution in [-0.4, -0.2) is 29.5 Å². The van der Waals surface area contributed by atoms with Gasteiger partial charge in [0.2, 0.25) is 0 Å². The summed E-state index contributed by atoms with van der Waals surface area (Å²) in [5.41, 5.74) is 0.915. The second kappa shape index (κ2) is 6.77. The van der Waals surface area contributed by atoms with Gasteiger partial charge >= 0.3 is 0 Å². The Morgan fingerprint density at radius 2 is 1.86 bits per heavy atom. The molecule has 2 aliphatic heterocycles. The Morgan fingerprint density at radius 1 is 1.07 bits per heavy atom. The molecule has 2 aromatic carbocycles. The maximum Gasteiger partial charge on any atom is 0.186 e. The average Bonchev–Trinajstić information content (AvgIpc) is 3.06. The molecule has 1 aromatic heterocycles. The number of hydrogen-bond acceptors (Lipinski definition) is 5. The van der Waals surface area contributed by atoms with Crippen molar-refractivity contribution in [3.05, 3.63) is 51.0 Å². The average molecular weight is 454 g/mol. The van der Waals surface area contributed by atoms with Crippen LogP contribution in [0.5, 0.6) is 5.75 Å². The maximum atomic E-state index is 12.7. The molecule has 0 N–H and O–H groups in total. The summed E-state index contributed by atoms with van der Waals surface area (Å²) >= 11 is 20.1. The summed E-state index contributed by atoms with van der Waals surface area (Å²) in [5.74, 6) is 0.499. The Hall–Kier alpha value is -1.53. The molecule has 1 saturated heterocycles. The Labute approximate surface area is 181 Å². The van der Waals surface area contributed by atoms with E-state index < -0.39 is 5.60 Å². The molecular formula is C20H15Cl3N2O2S. The van der Waals surface area contributed by atoms with Gasteiger partial charge in [0, 0.05) is 36.0 Å². The number of ether oxygens (including phenoxy) is 1. The topological polar surface area (TPSA) is 42.4 Å². The number of hydrogen-bond donors (Lipinski definition) is 0.